The predicted octanol–water partition coefficient (Wildman–Crippen LogP) is 3.77. The van der Waals surface area contributed by atoms with Crippen LogP contribution in [0.4, 0.5) is 5.69 Å². The first kappa shape index (κ1) is 26.7. The molecule has 2 aromatic carbocycles. The Balaban J connectivity index is 1.48. The Bertz CT molecular complexity index is 1700. The first-order chi connectivity index (χ1) is 19.5. The highest BCUT2D eigenvalue weighted by Crippen LogP contribution is 2.56. The Labute approximate surface area is 241 Å². The van der Waals surface area contributed by atoms with Gasteiger partial charge in [0.25, 0.3) is 0 Å². The lowest BCUT2D eigenvalue weighted by Crippen LogP contribution is -2.39. The van der Waals surface area contributed by atoms with E-state index < -0.39 is 47.2 Å². The predicted molar refractivity (Wildman–Crippen MR) is 147 cm³/mol. The number of imide groups is 1. The molecule has 0 bridgehead atoms. The van der Waals surface area contributed by atoms with Gasteiger partial charge in [-0.15, -0.1) is 0 Å². The summed E-state index contributed by atoms with van der Waals surface area (Å²) in [6, 6.07) is 7.97. The van der Waals surface area contributed by atoms with Crippen LogP contribution in [0.15, 0.2) is 69.8 Å². The van der Waals surface area contributed by atoms with Gasteiger partial charge in [0.1, 0.15) is 22.8 Å². The molecule has 4 aliphatic rings. The molecule has 0 spiro atoms. The minimum atomic E-state index is -1.36. The van der Waals surface area contributed by atoms with E-state index in [2.05, 4.69) is 15.9 Å². The zero-order chi connectivity index (χ0) is 29.3. The van der Waals surface area contributed by atoms with E-state index in [9.17, 15) is 39.3 Å². The number of anilines is 1. The molecule has 1 saturated heterocycles. The van der Waals surface area contributed by atoms with Crippen molar-refractivity contribution in [2.75, 3.05) is 12.0 Å². The highest BCUT2D eigenvalue weighted by atomic mass is 79.9. The second-order valence-electron chi connectivity index (χ2n) is 10.3. The summed E-state index contributed by atoms with van der Waals surface area (Å²) in [4.78, 5) is 66.6. The van der Waals surface area contributed by atoms with Crippen LogP contribution in [0.25, 0.3) is 0 Å². The van der Waals surface area contributed by atoms with Crippen molar-refractivity contribution in [3.63, 3.8) is 0 Å². The van der Waals surface area contributed by atoms with Crippen molar-refractivity contribution in [3.05, 3.63) is 80.9 Å². The maximum absolute atomic E-state index is 14.0. The molecule has 1 heterocycles. The molecule has 0 aromatic heterocycles. The summed E-state index contributed by atoms with van der Waals surface area (Å²) in [5.41, 5.74) is 1.42. The molecule has 3 aliphatic carbocycles. The van der Waals surface area contributed by atoms with Gasteiger partial charge in [0.15, 0.2) is 11.6 Å². The van der Waals surface area contributed by atoms with Crippen molar-refractivity contribution in [1.29, 1.82) is 0 Å². The summed E-state index contributed by atoms with van der Waals surface area (Å²) in [7, 11) is 1.42. The maximum atomic E-state index is 14.0. The van der Waals surface area contributed by atoms with Crippen molar-refractivity contribution < 1.29 is 44.0 Å². The van der Waals surface area contributed by atoms with E-state index in [0.29, 0.717) is 16.9 Å². The third-order valence-electron chi connectivity index (χ3n) is 8.33. The SMILES string of the molecule is COc1cc(O)ccc1C1C2=CCC3C(=O)N(c4ccc(C(=O)O)c(O)c4)C(=O)C3C2CC2=C1C(=O)C=C(Br)C2=O. The number of aromatic carboxylic acids is 1. The number of phenolic OH excluding ortho intramolecular Hbond substituents is 1. The quantitative estimate of drug-likeness (QED) is 0.263. The number of rotatable bonds is 4. The van der Waals surface area contributed by atoms with Crippen LogP contribution in [0.2, 0.25) is 0 Å². The lowest BCUT2D eigenvalue weighted by atomic mass is 9.59. The first-order valence-corrected chi connectivity index (χ1v) is 13.5. The number of benzene rings is 2. The van der Waals surface area contributed by atoms with E-state index >= 15 is 0 Å². The number of ketones is 2. The number of nitrogens with zero attached hydrogens (tertiary/aromatic N) is 1. The number of allylic oxidation sites excluding steroid dienone is 6. The van der Waals surface area contributed by atoms with Crippen molar-refractivity contribution in [1.82, 2.24) is 0 Å². The van der Waals surface area contributed by atoms with Crippen LogP contribution in [0.5, 0.6) is 17.2 Å². The molecule has 4 atom stereocenters. The minimum absolute atomic E-state index is 0.0421. The molecule has 0 radical (unpaired) electrons. The second-order valence-corrected chi connectivity index (χ2v) is 11.2. The fourth-order valence-corrected chi connectivity index (χ4v) is 7.04. The van der Waals surface area contributed by atoms with Crippen molar-refractivity contribution in [2.24, 2.45) is 17.8 Å². The summed E-state index contributed by atoms with van der Waals surface area (Å²) in [5.74, 6) is -6.47. The van der Waals surface area contributed by atoms with E-state index in [-0.39, 0.29) is 57.0 Å². The number of Topliss-reactive ketones (excluding diaryl/α,β-unsaturated/α-hetero) is 1. The number of aromatic hydroxyl groups is 2. The Hall–Kier alpha value is -4.51. The number of fused-ring (bicyclic) bond motifs is 3. The molecule has 10 nitrogen and oxygen atoms in total. The largest absolute Gasteiger partial charge is 0.508 e. The second kappa shape index (κ2) is 9.55. The van der Waals surface area contributed by atoms with Crippen LogP contribution in [-0.2, 0) is 19.2 Å². The van der Waals surface area contributed by atoms with E-state index in [4.69, 9.17) is 4.74 Å². The Morgan fingerprint density at radius 3 is 2.46 bits per heavy atom. The molecule has 6 rings (SSSR count). The Kier molecular flexibility index (Phi) is 6.22. The summed E-state index contributed by atoms with van der Waals surface area (Å²) >= 11 is 3.19. The summed E-state index contributed by atoms with van der Waals surface area (Å²) in [6.07, 6.45) is 3.32. The van der Waals surface area contributed by atoms with Gasteiger partial charge in [0.05, 0.1) is 29.1 Å². The topological polar surface area (TPSA) is 159 Å². The number of ether oxygens (including phenoxy) is 1. The number of hydrogen-bond donors (Lipinski definition) is 3. The van der Waals surface area contributed by atoms with Gasteiger partial charge in [0, 0.05) is 40.8 Å². The third-order valence-corrected chi connectivity index (χ3v) is 8.92. The van der Waals surface area contributed by atoms with Gasteiger partial charge in [-0.2, -0.15) is 0 Å². The van der Waals surface area contributed by atoms with E-state index in [1.807, 2.05) is 6.08 Å². The van der Waals surface area contributed by atoms with Gasteiger partial charge < -0.3 is 20.1 Å². The summed E-state index contributed by atoms with van der Waals surface area (Å²) in [5, 5.41) is 29.5. The number of halogens is 1. The molecule has 3 N–H and O–H groups in total. The zero-order valence-electron chi connectivity index (χ0n) is 21.5. The van der Waals surface area contributed by atoms with Gasteiger partial charge in [-0.25, -0.2) is 9.69 Å². The van der Waals surface area contributed by atoms with Gasteiger partial charge >= 0.3 is 5.97 Å². The molecular formula is C30H22BrNO9. The lowest BCUT2D eigenvalue weighted by molar-refractivity contribution is -0.123. The number of carboxylic acid groups (broad SMARTS) is 1. The van der Waals surface area contributed by atoms with Crippen molar-refractivity contribution in [3.8, 4) is 17.2 Å². The molecular weight excluding hydrogens is 598 g/mol. The minimum Gasteiger partial charge on any atom is -0.508 e. The number of carbonyl (C=O) groups excluding carboxylic acids is 4. The molecule has 11 heteroatoms. The Morgan fingerprint density at radius 1 is 1.02 bits per heavy atom. The van der Waals surface area contributed by atoms with Gasteiger partial charge in [-0.05, 0) is 52.9 Å². The molecule has 208 valence electrons. The number of amides is 2. The lowest BCUT2D eigenvalue weighted by Gasteiger charge is -2.42. The number of phenols is 2. The zero-order valence-corrected chi connectivity index (χ0v) is 23.0. The maximum Gasteiger partial charge on any atom is 0.339 e. The molecule has 2 aromatic rings. The van der Waals surface area contributed by atoms with Crippen LogP contribution >= 0.6 is 15.9 Å². The third kappa shape index (κ3) is 3.94. The highest BCUT2D eigenvalue weighted by Gasteiger charge is 2.57. The van der Waals surface area contributed by atoms with Gasteiger partial charge in [-0.3, -0.25) is 19.2 Å². The van der Waals surface area contributed by atoms with E-state index in [1.165, 1.54) is 31.4 Å². The first-order valence-electron chi connectivity index (χ1n) is 12.7. The smallest absolute Gasteiger partial charge is 0.339 e. The fourth-order valence-electron chi connectivity index (χ4n) is 6.59. The van der Waals surface area contributed by atoms with Gasteiger partial charge in [0.2, 0.25) is 11.8 Å². The van der Waals surface area contributed by atoms with E-state index in [1.54, 1.807) is 6.07 Å². The number of carboxylic acids is 1. The normalized spacial score (nSPS) is 25.4. The Morgan fingerprint density at radius 2 is 1.78 bits per heavy atom. The summed E-state index contributed by atoms with van der Waals surface area (Å²) in [6.45, 7) is 0. The number of hydrogen-bond acceptors (Lipinski definition) is 8. The fraction of sp³-hybridized carbons (Fsp3) is 0.233. The molecule has 41 heavy (non-hydrogen) atoms. The van der Waals surface area contributed by atoms with Crippen molar-refractivity contribution in [2.45, 2.75) is 18.8 Å². The van der Waals surface area contributed by atoms with Crippen LogP contribution in [0.3, 0.4) is 0 Å². The van der Waals surface area contributed by atoms with Crippen LogP contribution < -0.4 is 9.64 Å². The average Bonchev–Trinajstić information content (AvgIpc) is 3.19. The average molecular weight is 620 g/mol. The van der Waals surface area contributed by atoms with Crippen LogP contribution in [-0.4, -0.2) is 51.8 Å². The molecule has 1 aliphatic heterocycles. The standard InChI is InChI=1S/C30H22BrNO9/c1-41-23-9-13(33)3-5-16(23)24-14-6-7-17-25(18(14)10-19-26(24)22(35)11-20(31)27(19)36)29(38)32(28(17)37)12-2-4-15(30(39)40)21(34)8-12/h2-6,8-9,11,17-18,24-25,33-34H,7,10H2,1H3,(H,39,40). The monoisotopic (exact) mass is 619 g/mol. The van der Waals surface area contributed by atoms with Crippen LogP contribution in [0, 0.1) is 17.8 Å². The van der Waals surface area contributed by atoms with Crippen molar-refractivity contribution >= 4 is 51.0 Å². The highest BCUT2D eigenvalue weighted by molar-refractivity contribution is 9.12. The number of carbonyl (C=O) groups is 5. The molecule has 0 saturated carbocycles. The molecule has 4 unspecified atom stereocenters. The molecule has 1 fully saturated rings. The van der Waals surface area contributed by atoms with E-state index in [0.717, 1.165) is 17.0 Å². The van der Waals surface area contributed by atoms with Crippen LogP contribution in [0.1, 0.15) is 34.7 Å². The molecule has 2 amide bonds. The van der Waals surface area contributed by atoms with Gasteiger partial charge in [-0.1, -0.05) is 17.7 Å². The number of methoxy groups -OCH3 is 1. The summed E-state index contributed by atoms with van der Waals surface area (Å²) < 4.78 is 5.63.